The maximum absolute atomic E-state index is 16.4. The van der Waals surface area contributed by atoms with Gasteiger partial charge in [-0.25, -0.2) is 23.1 Å². The first-order valence-corrected chi connectivity index (χ1v) is 15.5. The Hall–Kier alpha value is -5.20. The third-order valence-electron chi connectivity index (χ3n) is 8.83. The molecule has 0 saturated carbocycles. The number of piperazine rings is 1. The molecule has 2 bridgehead atoms. The number of hydrogen-bond donors (Lipinski definition) is 1. The highest BCUT2D eigenvalue weighted by atomic mass is 19.1. The molecule has 2 atom stereocenters. The lowest BCUT2D eigenvalue weighted by atomic mass is 10.0. The molecule has 0 radical (unpaired) electrons. The van der Waals surface area contributed by atoms with E-state index < -0.39 is 17.3 Å². The van der Waals surface area contributed by atoms with E-state index in [9.17, 15) is 14.4 Å². The van der Waals surface area contributed by atoms with Crippen LogP contribution in [0.25, 0.3) is 28.0 Å². The van der Waals surface area contributed by atoms with Gasteiger partial charge < -0.3 is 20.0 Å². The fourth-order valence-corrected chi connectivity index (χ4v) is 6.44. The van der Waals surface area contributed by atoms with Crippen molar-refractivity contribution >= 4 is 40.0 Å². The van der Waals surface area contributed by atoms with Gasteiger partial charge in [0, 0.05) is 57.1 Å². The number of benzene rings is 1. The third kappa shape index (κ3) is 5.49. The zero-order valence-electron chi connectivity index (χ0n) is 26.9. The zero-order chi connectivity index (χ0) is 33.7. The van der Waals surface area contributed by atoms with E-state index in [4.69, 9.17) is 4.98 Å². The highest BCUT2D eigenvalue weighted by Gasteiger charge is 2.35. The van der Waals surface area contributed by atoms with Crippen LogP contribution in [0.4, 0.5) is 26.0 Å². The summed E-state index contributed by atoms with van der Waals surface area (Å²) >= 11 is 0. The molecule has 0 unspecified atom stereocenters. The molecule has 2 aliphatic heterocycles. The number of carbonyl (C=O) groups is 2. The Balaban J connectivity index is 1.72. The molecule has 13 heteroatoms. The third-order valence-corrected chi connectivity index (χ3v) is 8.83. The molecule has 11 nitrogen and oxygen atoms in total. The van der Waals surface area contributed by atoms with Gasteiger partial charge in [-0.1, -0.05) is 26.5 Å². The second-order valence-corrected chi connectivity index (χ2v) is 12.4. The Morgan fingerprint density at radius 3 is 2.57 bits per heavy atom. The molecular formula is C34H36F2N8O3. The summed E-state index contributed by atoms with van der Waals surface area (Å²) in [5.74, 6) is -2.11. The van der Waals surface area contributed by atoms with Crippen molar-refractivity contribution < 1.29 is 18.4 Å². The number of rotatable bonds is 3. The first kappa shape index (κ1) is 31.8. The second kappa shape index (κ2) is 12.2. The number of anilines is 3. The minimum atomic E-state index is -0.814. The van der Waals surface area contributed by atoms with Gasteiger partial charge in [0.25, 0.3) is 0 Å². The average Bonchev–Trinajstić information content (AvgIpc) is 3.04. The molecule has 1 fully saturated rings. The van der Waals surface area contributed by atoms with Crippen molar-refractivity contribution in [3.05, 3.63) is 77.0 Å². The Morgan fingerprint density at radius 1 is 1.09 bits per heavy atom. The van der Waals surface area contributed by atoms with E-state index >= 15 is 8.78 Å². The Bertz CT molecular complexity index is 1990. The summed E-state index contributed by atoms with van der Waals surface area (Å²) in [5.41, 5.74) is 0.253. The Kier molecular flexibility index (Phi) is 8.24. The van der Waals surface area contributed by atoms with Crippen LogP contribution in [0, 0.1) is 11.6 Å². The van der Waals surface area contributed by atoms with Crippen LogP contribution in [-0.2, 0) is 9.59 Å². The van der Waals surface area contributed by atoms with Crippen LogP contribution >= 0.6 is 0 Å². The largest absolute Gasteiger partial charge is 0.373 e. The molecule has 244 valence electrons. The molecule has 0 spiro atoms. The SMILES string of the molecule is C=CC(=O)N1C[C@H](C)N(c2nc(=O)n3c4nc(c(F)cc24)-c2c(F)cccc2N(C)CCC(=O)Nc2ccnc(C(C)C)c2-3)C[C@H]1C. The maximum Gasteiger partial charge on any atom is 0.355 e. The van der Waals surface area contributed by atoms with Crippen molar-refractivity contribution in [3.8, 4) is 16.9 Å². The van der Waals surface area contributed by atoms with Gasteiger partial charge in [0.05, 0.1) is 28.0 Å². The van der Waals surface area contributed by atoms with Crippen LogP contribution in [0.1, 0.15) is 45.7 Å². The normalized spacial score (nSPS) is 18.3. The van der Waals surface area contributed by atoms with Crippen LogP contribution in [0.5, 0.6) is 0 Å². The average molecular weight is 643 g/mol. The first-order chi connectivity index (χ1) is 22.4. The number of hydrogen-bond acceptors (Lipinski definition) is 8. The van der Waals surface area contributed by atoms with Gasteiger partial charge in [0.2, 0.25) is 11.8 Å². The van der Waals surface area contributed by atoms with Crippen molar-refractivity contribution in [3.63, 3.8) is 0 Å². The number of carbonyl (C=O) groups excluding carboxylic acids is 2. The summed E-state index contributed by atoms with van der Waals surface area (Å²) in [6.45, 7) is 12.0. The minimum Gasteiger partial charge on any atom is -0.373 e. The van der Waals surface area contributed by atoms with Crippen molar-refractivity contribution in [2.75, 3.05) is 41.8 Å². The van der Waals surface area contributed by atoms with Crippen LogP contribution < -0.4 is 20.8 Å². The zero-order valence-corrected chi connectivity index (χ0v) is 26.9. The van der Waals surface area contributed by atoms with Gasteiger partial charge in [0.1, 0.15) is 17.3 Å². The summed E-state index contributed by atoms with van der Waals surface area (Å²) in [4.78, 5) is 59.1. The fourth-order valence-electron chi connectivity index (χ4n) is 6.44. The molecule has 4 aromatic rings. The highest BCUT2D eigenvalue weighted by molar-refractivity contribution is 5.96. The molecule has 1 N–H and O–H groups in total. The van der Waals surface area contributed by atoms with E-state index in [-0.39, 0.29) is 76.6 Å². The van der Waals surface area contributed by atoms with Crippen LogP contribution in [0.3, 0.4) is 0 Å². The van der Waals surface area contributed by atoms with Crippen LogP contribution in [0.15, 0.2) is 54.0 Å². The lowest BCUT2D eigenvalue weighted by molar-refractivity contribution is -0.128. The maximum atomic E-state index is 16.4. The van der Waals surface area contributed by atoms with E-state index in [0.717, 1.165) is 0 Å². The lowest BCUT2D eigenvalue weighted by Gasteiger charge is -2.44. The fraction of sp³-hybridized carbons (Fsp3) is 0.353. The van der Waals surface area contributed by atoms with E-state index in [1.807, 2.05) is 32.6 Å². The number of pyridine rings is 2. The number of fused-ring (bicyclic) bond motifs is 5. The molecule has 2 amide bonds. The summed E-state index contributed by atoms with van der Waals surface area (Å²) in [6.07, 6.45) is 2.83. The molecule has 2 aliphatic rings. The summed E-state index contributed by atoms with van der Waals surface area (Å²) in [5, 5.41) is 3.13. The first-order valence-electron chi connectivity index (χ1n) is 15.5. The quantitative estimate of drug-likeness (QED) is 0.322. The smallest absolute Gasteiger partial charge is 0.355 e. The van der Waals surface area contributed by atoms with Crippen LogP contribution in [0.2, 0.25) is 0 Å². The summed E-state index contributed by atoms with van der Waals surface area (Å²) in [7, 11) is 1.69. The lowest BCUT2D eigenvalue weighted by Crippen LogP contribution is -2.58. The number of halogens is 2. The Morgan fingerprint density at radius 2 is 1.85 bits per heavy atom. The molecule has 47 heavy (non-hydrogen) atoms. The van der Waals surface area contributed by atoms with E-state index in [0.29, 0.717) is 30.2 Å². The molecule has 6 rings (SSSR count). The van der Waals surface area contributed by atoms with Gasteiger partial charge >= 0.3 is 5.69 Å². The highest BCUT2D eigenvalue weighted by Crippen LogP contribution is 2.38. The molecule has 1 aromatic carbocycles. The second-order valence-electron chi connectivity index (χ2n) is 12.4. The minimum absolute atomic E-state index is 0.0161. The van der Waals surface area contributed by atoms with Gasteiger partial charge in [-0.05, 0) is 50.1 Å². The van der Waals surface area contributed by atoms with Gasteiger partial charge in [-0.15, -0.1) is 0 Å². The predicted octanol–water partition coefficient (Wildman–Crippen LogP) is 4.63. The summed E-state index contributed by atoms with van der Waals surface area (Å²) < 4.78 is 33.4. The van der Waals surface area contributed by atoms with E-state index in [2.05, 4.69) is 21.9 Å². The van der Waals surface area contributed by atoms with Crippen molar-refractivity contribution in [1.82, 2.24) is 24.4 Å². The number of nitrogens with zero attached hydrogens (tertiary/aromatic N) is 7. The monoisotopic (exact) mass is 642 g/mol. The molecule has 5 heterocycles. The van der Waals surface area contributed by atoms with E-state index in [1.165, 1.54) is 28.8 Å². The standard InChI is InChI=1S/C34H36F2N8O3/c1-7-27(46)42-16-20(5)43(17-19(42)4)32-21-15-23(36)30-28-22(35)9-8-10-25(28)41(6)14-12-26(45)38-24-11-13-37-29(18(2)3)31(24)44(33(21)39-30)34(47)40-32/h7-11,13,15,18-20H,1,12,14,16-17H2,2-6H3,(H,38,45)/t19-,20+/m1/s1. The number of amides is 2. The molecule has 3 aromatic heterocycles. The van der Waals surface area contributed by atoms with Gasteiger partial charge in [-0.3, -0.25) is 14.6 Å². The van der Waals surface area contributed by atoms with Crippen molar-refractivity contribution in [2.45, 2.75) is 52.1 Å². The summed E-state index contributed by atoms with van der Waals surface area (Å²) in [6, 6.07) is 6.59. The Labute approximate surface area is 270 Å². The number of nitrogens with one attached hydrogen (secondary N) is 1. The molecule has 1 saturated heterocycles. The van der Waals surface area contributed by atoms with Gasteiger partial charge in [0.15, 0.2) is 11.5 Å². The van der Waals surface area contributed by atoms with E-state index in [1.54, 1.807) is 35.2 Å². The van der Waals surface area contributed by atoms with Crippen molar-refractivity contribution in [1.29, 1.82) is 0 Å². The van der Waals surface area contributed by atoms with Crippen LogP contribution in [-0.4, -0.2) is 75.0 Å². The predicted molar refractivity (Wildman–Crippen MR) is 177 cm³/mol. The molecular weight excluding hydrogens is 606 g/mol. The van der Waals surface area contributed by atoms with Gasteiger partial charge in [-0.2, -0.15) is 4.98 Å². The topological polar surface area (TPSA) is 117 Å². The van der Waals surface area contributed by atoms with Crippen molar-refractivity contribution in [2.24, 2.45) is 0 Å². The molecule has 0 aliphatic carbocycles. The number of aromatic nitrogens is 4.